The van der Waals surface area contributed by atoms with Crippen LogP contribution in [0.25, 0.3) is 0 Å². The third-order valence-corrected chi connectivity index (χ3v) is 3.06. The van der Waals surface area contributed by atoms with Crippen molar-refractivity contribution in [1.82, 2.24) is 10.6 Å². The van der Waals surface area contributed by atoms with E-state index in [1.807, 2.05) is 13.8 Å². The van der Waals surface area contributed by atoms with E-state index < -0.39 is 0 Å². The second kappa shape index (κ2) is 6.86. The Kier molecular flexibility index (Phi) is 6.60. The van der Waals surface area contributed by atoms with E-state index in [2.05, 4.69) is 24.5 Å². The van der Waals surface area contributed by atoms with Gasteiger partial charge in [-0.15, -0.1) is 0 Å². The Labute approximate surface area is 99.4 Å². The predicted molar refractivity (Wildman–Crippen MR) is 68.1 cm³/mol. The molecule has 0 aromatic rings. The summed E-state index contributed by atoms with van der Waals surface area (Å²) in [7, 11) is 1.67. The predicted octanol–water partition coefficient (Wildman–Crippen LogP) is 0.579. The van der Waals surface area contributed by atoms with Crippen LogP contribution in [0.5, 0.6) is 0 Å². The van der Waals surface area contributed by atoms with Gasteiger partial charge in [-0.1, -0.05) is 13.8 Å². The Morgan fingerprint density at radius 2 is 1.94 bits per heavy atom. The van der Waals surface area contributed by atoms with E-state index in [-0.39, 0.29) is 11.3 Å². The summed E-state index contributed by atoms with van der Waals surface area (Å²) < 4.78 is 0. The first kappa shape index (κ1) is 15.4. The number of nitrogens with two attached hydrogens (primary N) is 1. The van der Waals surface area contributed by atoms with Gasteiger partial charge in [-0.25, -0.2) is 0 Å². The highest BCUT2D eigenvalue weighted by Gasteiger charge is 2.26. The molecule has 0 radical (unpaired) electrons. The maximum atomic E-state index is 11.5. The molecule has 0 saturated heterocycles. The number of rotatable bonds is 7. The highest BCUT2D eigenvalue weighted by molar-refractivity contribution is 5.81. The molecule has 0 bridgehead atoms. The van der Waals surface area contributed by atoms with Crippen LogP contribution in [0.4, 0.5) is 0 Å². The van der Waals surface area contributed by atoms with Gasteiger partial charge < -0.3 is 16.4 Å². The van der Waals surface area contributed by atoms with Crippen LogP contribution in [0.2, 0.25) is 0 Å². The van der Waals surface area contributed by atoms with Crippen LogP contribution in [0, 0.1) is 17.3 Å². The molecule has 0 heterocycles. The van der Waals surface area contributed by atoms with Crippen molar-refractivity contribution in [2.24, 2.45) is 23.0 Å². The molecule has 1 amide bonds. The second-order valence-corrected chi connectivity index (χ2v) is 5.33. The first-order chi connectivity index (χ1) is 7.35. The van der Waals surface area contributed by atoms with E-state index in [4.69, 9.17) is 5.73 Å². The molecule has 1 atom stereocenters. The lowest BCUT2D eigenvalue weighted by Gasteiger charge is -2.25. The molecular weight excluding hydrogens is 202 g/mol. The van der Waals surface area contributed by atoms with Crippen molar-refractivity contribution in [3.63, 3.8) is 0 Å². The fraction of sp³-hybridized carbons (Fsp3) is 0.917. The number of amides is 1. The van der Waals surface area contributed by atoms with Crippen LogP contribution in [0.1, 0.15) is 27.7 Å². The zero-order valence-corrected chi connectivity index (χ0v) is 11.3. The van der Waals surface area contributed by atoms with Gasteiger partial charge >= 0.3 is 0 Å². The Hall–Kier alpha value is -0.610. The fourth-order valence-corrected chi connectivity index (χ4v) is 1.58. The largest absolute Gasteiger partial charge is 0.359 e. The van der Waals surface area contributed by atoms with Crippen LogP contribution in [-0.4, -0.2) is 32.6 Å². The average molecular weight is 229 g/mol. The molecule has 4 N–H and O–H groups in total. The standard InChI is InChI=1S/C12H27N3O/c1-9(2)10(6-13)7-15-8-12(3,4)11(16)14-5/h9-10,15H,6-8,13H2,1-5H3,(H,14,16). The maximum Gasteiger partial charge on any atom is 0.226 e. The topological polar surface area (TPSA) is 67.2 Å². The first-order valence-electron chi connectivity index (χ1n) is 5.98. The summed E-state index contributed by atoms with van der Waals surface area (Å²) in [4.78, 5) is 11.5. The SMILES string of the molecule is CNC(=O)C(C)(C)CNCC(CN)C(C)C. The van der Waals surface area contributed by atoms with Gasteiger partial charge in [0.15, 0.2) is 0 Å². The monoisotopic (exact) mass is 229 g/mol. The zero-order chi connectivity index (χ0) is 12.8. The van der Waals surface area contributed by atoms with Crippen LogP contribution in [0.3, 0.4) is 0 Å². The third kappa shape index (κ3) is 4.94. The highest BCUT2D eigenvalue weighted by Crippen LogP contribution is 2.14. The Morgan fingerprint density at radius 3 is 2.31 bits per heavy atom. The Bertz CT molecular complexity index is 214. The third-order valence-electron chi connectivity index (χ3n) is 3.06. The Balaban J connectivity index is 4.01. The number of hydrogen-bond acceptors (Lipinski definition) is 3. The fourth-order valence-electron chi connectivity index (χ4n) is 1.58. The molecule has 0 spiro atoms. The van der Waals surface area contributed by atoms with Crippen molar-refractivity contribution in [2.75, 3.05) is 26.7 Å². The molecule has 16 heavy (non-hydrogen) atoms. The van der Waals surface area contributed by atoms with E-state index in [0.717, 1.165) is 6.54 Å². The lowest BCUT2D eigenvalue weighted by Crippen LogP contribution is -2.44. The molecule has 4 heteroatoms. The van der Waals surface area contributed by atoms with E-state index >= 15 is 0 Å². The molecule has 0 rings (SSSR count). The minimum Gasteiger partial charge on any atom is -0.359 e. The molecule has 0 fully saturated rings. The molecule has 96 valence electrons. The lowest BCUT2D eigenvalue weighted by atomic mass is 9.91. The highest BCUT2D eigenvalue weighted by atomic mass is 16.2. The molecule has 0 aliphatic heterocycles. The van der Waals surface area contributed by atoms with Crippen molar-refractivity contribution in [2.45, 2.75) is 27.7 Å². The van der Waals surface area contributed by atoms with E-state index in [1.54, 1.807) is 7.05 Å². The van der Waals surface area contributed by atoms with Gasteiger partial charge in [0.25, 0.3) is 0 Å². The molecule has 0 saturated carbocycles. The molecule has 4 nitrogen and oxygen atoms in total. The van der Waals surface area contributed by atoms with Gasteiger partial charge in [-0.3, -0.25) is 4.79 Å². The lowest BCUT2D eigenvalue weighted by molar-refractivity contribution is -0.128. The number of carbonyl (C=O) groups is 1. The van der Waals surface area contributed by atoms with E-state index in [1.165, 1.54) is 0 Å². The molecule has 1 unspecified atom stereocenters. The van der Waals surface area contributed by atoms with Gasteiger partial charge in [0.05, 0.1) is 5.41 Å². The van der Waals surface area contributed by atoms with Crippen LogP contribution in [0.15, 0.2) is 0 Å². The van der Waals surface area contributed by atoms with E-state index in [0.29, 0.717) is 24.9 Å². The molecule has 0 aliphatic carbocycles. The average Bonchev–Trinajstić information content (AvgIpc) is 2.22. The minimum atomic E-state index is -0.370. The van der Waals surface area contributed by atoms with E-state index in [9.17, 15) is 4.79 Å². The van der Waals surface area contributed by atoms with Crippen LogP contribution in [-0.2, 0) is 4.79 Å². The van der Waals surface area contributed by atoms with Crippen molar-refractivity contribution in [3.05, 3.63) is 0 Å². The zero-order valence-electron chi connectivity index (χ0n) is 11.3. The summed E-state index contributed by atoms with van der Waals surface area (Å²) in [5.41, 5.74) is 5.32. The second-order valence-electron chi connectivity index (χ2n) is 5.33. The number of hydrogen-bond donors (Lipinski definition) is 3. The number of carbonyl (C=O) groups excluding carboxylic acids is 1. The van der Waals surface area contributed by atoms with Gasteiger partial charge in [0, 0.05) is 13.6 Å². The van der Waals surface area contributed by atoms with Crippen molar-refractivity contribution < 1.29 is 4.79 Å². The van der Waals surface area contributed by atoms with Crippen molar-refractivity contribution in [1.29, 1.82) is 0 Å². The molecule has 0 aliphatic rings. The van der Waals surface area contributed by atoms with Crippen LogP contribution >= 0.6 is 0 Å². The smallest absolute Gasteiger partial charge is 0.226 e. The summed E-state index contributed by atoms with van der Waals surface area (Å²) in [5.74, 6) is 1.11. The first-order valence-corrected chi connectivity index (χ1v) is 5.98. The van der Waals surface area contributed by atoms with Gasteiger partial charge in [0.2, 0.25) is 5.91 Å². The molecular formula is C12H27N3O. The Morgan fingerprint density at radius 1 is 1.38 bits per heavy atom. The van der Waals surface area contributed by atoms with Gasteiger partial charge in [0.1, 0.15) is 0 Å². The van der Waals surface area contributed by atoms with Gasteiger partial charge in [-0.05, 0) is 38.8 Å². The normalized spacial score (nSPS) is 13.9. The summed E-state index contributed by atoms with van der Waals surface area (Å²) >= 11 is 0. The maximum absolute atomic E-state index is 11.5. The summed E-state index contributed by atoms with van der Waals surface area (Å²) in [6.45, 7) is 10.4. The van der Waals surface area contributed by atoms with Gasteiger partial charge in [-0.2, -0.15) is 0 Å². The summed E-state index contributed by atoms with van der Waals surface area (Å²) in [5, 5.41) is 6.01. The van der Waals surface area contributed by atoms with Crippen molar-refractivity contribution >= 4 is 5.91 Å². The van der Waals surface area contributed by atoms with Crippen LogP contribution < -0.4 is 16.4 Å². The quantitative estimate of drug-likeness (QED) is 0.598. The summed E-state index contributed by atoms with van der Waals surface area (Å²) in [6.07, 6.45) is 0. The molecule has 0 aromatic heterocycles. The van der Waals surface area contributed by atoms with Crippen molar-refractivity contribution in [3.8, 4) is 0 Å². The minimum absolute atomic E-state index is 0.0637. The number of nitrogens with one attached hydrogen (secondary N) is 2. The summed E-state index contributed by atoms with van der Waals surface area (Å²) in [6, 6.07) is 0. The molecule has 0 aromatic carbocycles.